The first-order valence-corrected chi connectivity index (χ1v) is 9.92. The fourth-order valence-electron chi connectivity index (χ4n) is 2.38. The van der Waals surface area contributed by atoms with Crippen LogP contribution < -0.4 is 20.3 Å². The average Bonchev–Trinajstić information content (AvgIpc) is 2.67. The molecule has 0 saturated carbocycles. The van der Waals surface area contributed by atoms with Crippen molar-refractivity contribution in [3.8, 4) is 11.5 Å². The van der Waals surface area contributed by atoms with Crippen LogP contribution in [-0.2, 0) is 9.59 Å². The number of carbonyl (C=O) groups is 2. The molecule has 0 fully saturated rings. The maximum absolute atomic E-state index is 12.1. The molecule has 0 bridgehead atoms. The van der Waals surface area contributed by atoms with E-state index < -0.39 is 12.0 Å². The van der Waals surface area contributed by atoms with Gasteiger partial charge in [0, 0.05) is 11.4 Å². The Morgan fingerprint density at radius 1 is 1.03 bits per heavy atom. The lowest BCUT2D eigenvalue weighted by atomic mass is 10.1. The van der Waals surface area contributed by atoms with Gasteiger partial charge in [-0.15, -0.1) is 0 Å². The van der Waals surface area contributed by atoms with Crippen molar-refractivity contribution in [1.29, 1.82) is 0 Å². The van der Waals surface area contributed by atoms with Gasteiger partial charge in [-0.05, 0) is 62.6 Å². The highest BCUT2D eigenvalue weighted by Gasteiger charge is 2.16. The highest BCUT2D eigenvalue weighted by molar-refractivity contribution is 6.35. The molecule has 0 aromatic heterocycles. The molecule has 0 radical (unpaired) electrons. The van der Waals surface area contributed by atoms with Crippen molar-refractivity contribution in [2.24, 2.45) is 0 Å². The minimum absolute atomic E-state index is 0.178. The molecule has 0 aliphatic carbocycles. The summed E-state index contributed by atoms with van der Waals surface area (Å²) >= 11 is 11.8. The molecule has 6 nitrogen and oxygen atoms in total. The third kappa shape index (κ3) is 7.48. The van der Waals surface area contributed by atoms with E-state index in [1.54, 1.807) is 25.1 Å². The molecule has 29 heavy (non-hydrogen) atoms. The second-order valence-corrected chi connectivity index (χ2v) is 7.44. The van der Waals surface area contributed by atoms with Gasteiger partial charge in [0.05, 0.1) is 11.6 Å². The lowest BCUT2D eigenvalue weighted by Gasteiger charge is -2.17. The second kappa shape index (κ2) is 10.9. The van der Waals surface area contributed by atoms with Crippen LogP contribution in [0.5, 0.6) is 11.5 Å². The van der Waals surface area contributed by atoms with Crippen LogP contribution in [0.25, 0.3) is 0 Å². The largest absolute Gasteiger partial charge is 0.492 e. The van der Waals surface area contributed by atoms with E-state index in [4.69, 9.17) is 32.7 Å². The first-order valence-electron chi connectivity index (χ1n) is 9.16. The Hall–Kier alpha value is -2.44. The van der Waals surface area contributed by atoms with E-state index in [9.17, 15) is 9.59 Å². The van der Waals surface area contributed by atoms with Crippen molar-refractivity contribution in [3.05, 3.63) is 57.6 Å². The Labute approximate surface area is 180 Å². The highest BCUT2D eigenvalue weighted by atomic mass is 35.5. The normalized spacial score (nSPS) is 11.5. The first-order chi connectivity index (χ1) is 13.8. The molecule has 1 unspecified atom stereocenters. The summed E-state index contributed by atoms with van der Waals surface area (Å²) in [6.45, 7) is 5.77. The van der Waals surface area contributed by atoms with E-state index in [-0.39, 0.29) is 12.3 Å². The second-order valence-electron chi connectivity index (χ2n) is 6.59. The first kappa shape index (κ1) is 22.8. The van der Waals surface area contributed by atoms with E-state index in [0.29, 0.717) is 34.6 Å². The van der Waals surface area contributed by atoms with E-state index in [1.807, 2.05) is 32.0 Å². The van der Waals surface area contributed by atoms with Crippen LogP contribution in [0.1, 0.15) is 30.9 Å². The molecular formula is C21H24Cl2N2O4. The predicted molar refractivity (Wildman–Crippen MR) is 113 cm³/mol. The fourth-order valence-corrected chi connectivity index (χ4v) is 2.84. The maximum atomic E-state index is 12.1. The Balaban J connectivity index is 1.68. The summed E-state index contributed by atoms with van der Waals surface area (Å²) in [6.07, 6.45) is -0.126. The number of hydrazine groups is 1. The zero-order valence-electron chi connectivity index (χ0n) is 16.6. The number of halogens is 2. The van der Waals surface area contributed by atoms with Crippen LogP contribution in [0.15, 0.2) is 36.4 Å². The smallest absolute Gasteiger partial charge is 0.279 e. The standard InChI is InChI=1S/C21H24Cl2N2O4/c1-13-6-7-14(2)19(11-13)29-15(3)21(27)25-24-20(26)5-4-10-28-18-9-8-16(22)12-17(18)23/h6-9,11-12,15H,4-5,10H2,1-3H3,(H,24,26)(H,25,27). The third-order valence-electron chi connectivity index (χ3n) is 4.04. The predicted octanol–water partition coefficient (Wildman–Crippen LogP) is 4.38. The van der Waals surface area contributed by atoms with Crippen molar-refractivity contribution in [3.63, 3.8) is 0 Å². The van der Waals surface area contributed by atoms with Gasteiger partial charge in [-0.1, -0.05) is 35.3 Å². The summed E-state index contributed by atoms with van der Waals surface area (Å²) in [5.74, 6) is 0.366. The molecule has 0 spiro atoms. The third-order valence-corrected chi connectivity index (χ3v) is 4.57. The molecule has 156 valence electrons. The molecule has 2 rings (SSSR count). The van der Waals surface area contributed by atoms with Gasteiger partial charge in [0.2, 0.25) is 5.91 Å². The Morgan fingerprint density at radius 2 is 1.79 bits per heavy atom. The molecule has 0 aliphatic heterocycles. The van der Waals surface area contributed by atoms with Gasteiger partial charge in [0.15, 0.2) is 6.10 Å². The quantitative estimate of drug-likeness (QED) is 0.473. The fraction of sp³-hybridized carbons (Fsp3) is 0.333. The molecular weight excluding hydrogens is 415 g/mol. The number of hydrogen-bond donors (Lipinski definition) is 2. The van der Waals surface area contributed by atoms with Crippen molar-refractivity contribution >= 4 is 35.0 Å². The number of benzene rings is 2. The summed E-state index contributed by atoms with van der Waals surface area (Å²) in [7, 11) is 0. The van der Waals surface area contributed by atoms with Crippen LogP contribution in [-0.4, -0.2) is 24.5 Å². The van der Waals surface area contributed by atoms with Crippen LogP contribution in [0.2, 0.25) is 10.0 Å². The SMILES string of the molecule is Cc1ccc(C)c(OC(C)C(=O)NNC(=O)CCCOc2ccc(Cl)cc2Cl)c1. The van der Waals surface area contributed by atoms with Crippen molar-refractivity contribution in [2.75, 3.05) is 6.61 Å². The molecule has 2 N–H and O–H groups in total. The molecule has 2 amide bonds. The number of ether oxygens (including phenoxy) is 2. The molecule has 0 heterocycles. The van der Waals surface area contributed by atoms with Crippen LogP contribution in [0.4, 0.5) is 0 Å². The van der Waals surface area contributed by atoms with Gasteiger partial charge in [-0.2, -0.15) is 0 Å². The van der Waals surface area contributed by atoms with Crippen molar-refractivity contribution in [2.45, 2.75) is 39.7 Å². The number of nitrogens with one attached hydrogen (secondary N) is 2. The van der Waals surface area contributed by atoms with Gasteiger partial charge in [-0.3, -0.25) is 20.4 Å². The molecule has 0 saturated heterocycles. The molecule has 2 aromatic carbocycles. The summed E-state index contributed by atoms with van der Waals surface area (Å²) in [5, 5.41) is 0.931. The summed E-state index contributed by atoms with van der Waals surface area (Å²) < 4.78 is 11.2. The van der Waals surface area contributed by atoms with Crippen molar-refractivity contribution < 1.29 is 19.1 Å². The van der Waals surface area contributed by atoms with Gasteiger partial charge in [-0.25, -0.2) is 0 Å². The summed E-state index contributed by atoms with van der Waals surface area (Å²) in [4.78, 5) is 24.0. The summed E-state index contributed by atoms with van der Waals surface area (Å²) in [5.41, 5.74) is 6.71. The minimum Gasteiger partial charge on any atom is -0.492 e. The molecule has 8 heteroatoms. The van der Waals surface area contributed by atoms with Gasteiger partial charge in [0.25, 0.3) is 5.91 Å². The van der Waals surface area contributed by atoms with E-state index in [0.717, 1.165) is 11.1 Å². The van der Waals surface area contributed by atoms with Crippen LogP contribution >= 0.6 is 23.2 Å². The van der Waals surface area contributed by atoms with Crippen LogP contribution in [0.3, 0.4) is 0 Å². The van der Waals surface area contributed by atoms with E-state index in [1.165, 1.54) is 0 Å². The zero-order valence-corrected chi connectivity index (χ0v) is 18.1. The number of aryl methyl sites for hydroxylation is 2. The molecule has 2 aromatic rings. The Bertz CT molecular complexity index is 874. The average molecular weight is 439 g/mol. The monoisotopic (exact) mass is 438 g/mol. The Kier molecular flexibility index (Phi) is 8.61. The van der Waals surface area contributed by atoms with E-state index in [2.05, 4.69) is 10.9 Å². The molecule has 0 aliphatic rings. The van der Waals surface area contributed by atoms with E-state index >= 15 is 0 Å². The lowest BCUT2D eigenvalue weighted by molar-refractivity contribution is -0.132. The molecule has 1 atom stereocenters. The topological polar surface area (TPSA) is 76.7 Å². The minimum atomic E-state index is -0.758. The zero-order chi connectivity index (χ0) is 21.4. The number of amides is 2. The van der Waals surface area contributed by atoms with Gasteiger partial charge < -0.3 is 9.47 Å². The van der Waals surface area contributed by atoms with Gasteiger partial charge >= 0.3 is 0 Å². The summed E-state index contributed by atoms with van der Waals surface area (Å²) in [6, 6.07) is 10.7. The highest BCUT2D eigenvalue weighted by Crippen LogP contribution is 2.27. The van der Waals surface area contributed by atoms with Crippen molar-refractivity contribution in [1.82, 2.24) is 10.9 Å². The Morgan fingerprint density at radius 3 is 2.52 bits per heavy atom. The number of hydrogen-bond acceptors (Lipinski definition) is 4. The lowest BCUT2D eigenvalue weighted by Crippen LogP contribution is -2.47. The van der Waals surface area contributed by atoms with Crippen LogP contribution in [0, 0.1) is 13.8 Å². The van der Waals surface area contributed by atoms with Gasteiger partial charge in [0.1, 0.15) is 11.5 Å². The number of carbonyl (C=O) groups excluding carboxylic acids is 2. The number of rotatable bonds is 8. The maximum Gasteiger partial charge on any atom is 0.279 e.